The predicted octanol–water partition coefficient (Wildman–Crippen LogP) is 7.45. The number of fused-ring (bicyclic) bond motifs is 3. The molecule has 24 heteroatoms. The number of nitrogens with one attached hydrogen (secondary N) is 2. The standard InChI is InChI=1S/C17H15N4O.C10H11N4.C9H7N2O.C7H5ClO.2C2H6.CH6N2.O4S.3Y/c1-13-8-9-21-16(10-13)15(12-19-21)11-18-20(2)17(22)14-6-4-3-5-7-14;1-8-3-4-14-10(5-8)9(7-13-14)6-12-11-2;1-7-2-3-11-9(4-7)8(6-12)5-10-11;8-7(9)6-4-2-1-3-5-6;2*1-2;1-3-2;1-5-3-2-4-5;;;/h3-11H,1-2H3;3-6,11H,1-2H3;2-4,6H,1H3;1-5H;2*1-2H3;3H,2H2,1H3;;;;/q3*-1;;;;;;;;/b18-11+;12-6+;;;;;;;;;. The number of pyridine rings is 3. The van der Waals surface area contributed by atoms with Crippen molar-refractivity contribution in [2.75, 3.05) is 21.1 Å². The van der Waals surface area contributed by atoms with E-state index in [9.17, 15) is 18.6 Å². The predicted molar refractivity (Wildman–Crippen MR) is 268 cm³/mol. The molecule has 0 bridgehead atoms. The monoisotopic (exact) mass is 1250 g/mol. The van der Waals surface area contributed by atoms with Gasteiger partial charge in [0.1, 0.15) is 0 Å². The summed E-state index contributed by atoms with van der Waals surface area (Å²) in [5, 5.41) is 24.7. The Balaban J connectivity index is 0. The fourth-order valence-electron chi connectivity index (χ4n) is 5.15. The minimum Gasteiger partial charge on any atom is -0.374 e. The first-order valence-corrected chi connectivity index (χ1v) is 22.4. The summed E-state index contributed by atoms with van der Waals surface area (Å²) >= 11 is 3.55. The molecule has 3 radical (unpaired) electrons. The summed E-state index contributed by atoms with van der Waals surface area (Å²) in [4.78, 5) is 33.1. The van der Waals surface area contributed by atoms with Crippen LogP contribution in [0.5, 0.6) is 0 Å². The summed E-state index contributed by atoms with van der Waals surface area (Å²) in [6.07, 6.45) is 18.1. The molecule has 1 aliphatic rings. The van der Waals surface area contributed by atoms with Crippen LogP contribution in [0.2, 0.25) is 0 Å². The average Bonchev–Trinajstić information content (AvgIpc) is 4.10. The number of hydrazone groups is 2. The SMILES string of the molecule is CC.CC.CN/N=C/c1[c-]nn2ccc(C)cc12.CNN.Cc1ccn2n[c-]c(/C=N/N(C)C(=O)c3ccccc3)c2c1.Cc1ccn2n[c-]c(C=O)c2c1.O=C(Cl)c1ccccc1.O=S1OOO1.[Y].[Y].[Y]. The van der Waals surface area contributed by atoms with Gasteiger partial charge in [0.05, 0.1) is 0 Å². The normalized spacial score (nSPS) is 10.7. The van der Waals surface area contributed by atoms with Gasteiger partial charge in [0, 0.05) is 148 Å². The number of rotatable bonds is 7. The number of hydrogen-bond acceptors (Lipinski definition) is 15. The van der Waals surface area contributed by atoms with Gasteiger partial charge in [0.25, 0.3) is 11.1 Å². The molecule has 8 aromatic rings. The largest absolute Gasteiger partial charge is 0.374 e. The van der Waals surface area contributed by atoms with Crippen molar-refractivity contribution < 1.29 is 130 Å². The van der Waals surface area contributed by atoms with Crippen LogP contribution < -0.4 is 16.7 Å². The number of aldehydes is 1. The van der Waals surface area contributed by atoms with E-state index in [1.165, 1.54) is 10.6 Å². The molecule has 2 aromatic carbocycles. The molecular weight excluding hydrogens is 1190 g/mol. The third kappa shape index (κ3) is 24.4. The number of carbonyl (C=O) groups excluding carboxylic acids is 3. The van der Waals surface area contributed by atoms with E-state index in [2.05, 4.69) is 80.6 Å². The van der Waals surface area contributed by atoms with Gasteiger partial charge < -0.3 is 23.8 Å². The molecule has 0 atom stereocenters. The zero-order chi connectivity index (χ0) is 51.1. The van der Waals surface area contributed by atoms with Crippen LogP contribution in [0.25, 0.3) is 16.6 Å². The van der Waals surface area contributed by atoms with Gasteiger partial charge in [-0.3, -0.25) is 41.3 Å². The van der Waals surface area contributed by atoms with Crippen LogP contribution in [0.1, 0.15) is 86.6 Å². The van der Waals surface area contributed by atoms with Gasteiger partial charge in [-0.05, 0) is 110 Å². The van der Waals surface area contributed by atoms with Gasteiger partial charge in [0.15, 0.2) is 0 Å². The zero-order valence-electron chi connectivity index (χ0n) is 41.7. The van der Waals surface area contributed by atoms with Gasteiger partial charge in [-0.25, -0.2) is 10.1 Å². The number of amides is 1. The second kappa shape index (κ2) is 40.4. The molecule has 6 aromatic heterocycles. The van der Waals surface area contributed by atoms with Gasteiger partial charge in [-0.1, -0.05) is 132 Å². The fraction of sp³-hybridized carbons (Fsp3) is 0.208. The second-order valence-electron chi connectivity index (χ2n) is 13.1. The van der Waals surface area contributed by atoms with Crippen molar-refractivity contribution in [2.24, 2.45) is 16.0 Å². The maximum absolute atomic E-state index is 12.2. The fourth-order valence-corrected chi connectivity index (χ4v) is 5.37. The first kappa shape index (κ1) is 70.1. The van der Waals surface area contributed by atoms with E-state index in [0.29, 0.717) is 16.7 Å². The maximum Gasteiger partial charge on any atom is 0.367 e. The Kier molecular flexibility index (Phi) is 39.3. The molecule has 0 saturated carbocycles. The molecule has 1 amide bonds. The molecule has 4 N–H and O–H groups in total. The Hall–Kier alpha value is -3.99. The number of carbonyl (C=O) groups is 3. The zero-order valence-corrected chi connectivity index (χ0v) is 51.8. The molecule has 0 aliphatic carbocycles. The van der Waals surface area contributed by atoms with E-state index < -0.39 is 16.6 Å². The topological polar surface area (TPSA) is 226 Å². The van der Waals surface area contributed by atoms with E-state index in [4.69, 9.17) is 11.6 Å². The second-order valence-corrected chi connectivity index (χ2v) is 14.1. The van der Waals surface area contributed by atoms with Crippen LogP contribution >= 0.6 is 11.6 Å². The average molecular weight is 1250 g/mol. The van der Waals surface area contributed by atoms with E-state index in [1.54, 1.807) is 83.5 Å². The Morgan fingerprint density at radius 3 is 1.38 bits per heavy atom. The minimum atomic E-state index is -1.61. The van der Waals surface area contributed by atoms with E-state index in [-0.39, 0.29) is 104 Å². The van der Waals surface area contributed by atoms with E-state index in [1.807, 2.05) is 122 Å². The van der Waals surface area contributed by atoms with Crippen LogP contribution in [0.4, 0.5) is 0 Å². The third-order valence-corrected chi connectivity index (χ3v) is 8.77. The molecule has 9 rings (SSSR count). The number of halogens is 1. The molecule has 375 valence electrons. The van der Waals surface area contributed by atoms with Crippen LogP contribution in [0.3, 0.4) is 0 Å². The number of nitrogens with two attached hydrogens (primary N) is 1. The molecule has 1 fully saturated rings. The van der Waals surface area contributed by atoms with Crippen LogP contribution in [-0.4, -0.2) is 89.1 Å². The number of hydrogen-bond donors (Lipinski definition) is 3. The first-order chi connectivity index (χ1) is 33.4. The van der Waals surface area contributed by atoms with Crippen molar-refractivity contribution in [3.8, 4) is 0 Å². The van der Waals surface area contributed by atoms with Gasteiger partial charge in [0.2, 0.25) is 0 Å². The molecule has 1 aliphatic heterocycles. The van der Waals surface area contributed by atoms with Crippen molar-refractivity contribution in [3.63, 3.8) is 0 Å². The van der Waals surface area contributed by atoms with Crippen LogP contribution in [-0.2, 0) is 123 Å². The van der Waals surface area contributed by atoms with E-state index in [0.717, 1.165) is 45.1 Å². The molecule has 72 heavy (non-hydrogen) atoms. The van der Waals surface area contributed by atoms with Crippen LogP contribution in [0.15, 0.2) is 126 Å². The molecule has 7 heterocycles. The Morgan fingerprint density at radius 2 is 1.04 bits per heavy atom. The summed E-state index contributed by atoms with van der Waals surface area (Å²) in [6, 6.07) is 29.7. The quantitative estimate of drug-likeness (QED) is 0.0269. The Bertz CT molecular complexity index is 2870. The summed E-state index contributed by atoms with van der Waals surface area (Å²) < 4.78 is 21.9. The van der Waals surface area contributed by atoms with Gasteiger partial charge >= 0.3 is 11.4 Å². The first-order valence-electron chi connectivity index (χ1n) is 21.1. The number of aromatic nitrogens is 6. The van der Waals surface area contributed by atoms with Crippen molar-refractivity contribution in [2.45, 2.75) is 48.5 Å². The maximum atomic E-state index is 12.2. The molecule has 1 saturated heterocycles. The summed E-state index contributed by atoms with van der Waals surface area (Å²) in [5.41, 5.74) is 14.4. The molecule has 0 spiro atoms. The molecule has 0 unspecified atom stereocenters. The Labute approximate surface area is 503 Å². The minimum absolute atomic E-state index is 0. The third-order valence-electron chi connectivity index (χ3n) is 8.21. The summed E-state index contributed by atoms with van der Waals surface area (Å²) in [6.45, 7) is 14.0. The number of aryl methyl sites for hydroxylation is 3. The summed E-state index contributed by atoms with van der Waals surface area (Å²) in [7, 11) is 5.04. The van der Waals surface area contributed by atoms with Gasteiger partial charge in [-0.15, -0.1) is 16.7 Å². The number of nitrogens with zero attached hydrogens (tertiary/aromatic N) is 9. The number of hydrazine groups is 1. The Morgan fingerprint density at radius 1 is 0.681 bits per heavy atom. The molecule has 19 nitrogen and oxygen atoms in total. The smallest absolute Gasteiger partial charge is 0.367 e. The summed E-state index contributed by atoms with van der Waals surface area (Å²) in [5.74, 6) is 4.43. The van der Waals surface area contributed by atoms with Crippen molar-refractivity contribution in [1.29, 1.82) is 0 Å². The number of benzene rings is 2. The van der Waals surface area contributed by atoms with Crippen molar-refractivity contribution in [3.05, 3.63) is 179 Å². The van der Waals surface area contributed by atoms with Crippen molar-refractivity contribution >= 4 is 69.4 Å². The van der Waals surface area contributed by atoms with Gasteiger partial charge in [-0.2, -0.15) is 4.21 Å². The van der Waals surface area contributed by atoms with Crippen LogP contribution in [0, 0.1) is 39.4 Å². The van der Waals surface area contributed by atoms with E-state index >= 15 is 0 Å². The van der Waals surface area contributed by atoms with Crippen molar-refractivity contribution in [1.82, 2.24) is 44.7 Å². The molecular formula is C48H56ClN12O7SY3-3.